The van der Waals surface area contributed by atoms with Gasteiger partial charge in [0.15, 0.2) is 0 Å². The first kappa shape index (κ1) is 20.7. The Morgan fingerprint density at radius 1 is 1.07 bits per heavy atom. The van der Waals surface area contributed by atoms with Crippen molar-refractivity contribution >= 4 is 23.2 Å². The first-order valence-corrected chi connectivity index (χ1v) is 9.60. The van der Waals surface area contributed by atoms with Crippen LogP contribution in [0.25, 0.3) is 0 Å². The van der Waals surface area contributed by atoms with E-state index in [2.05, 4.69) is 26.1 Å². The maximum atomic E-state index is 12.6. The van der Waals surface area contributed by atoms with Crippen LogP contribution < -0.4 is 10.2 Å². The van der Waals surface area contributed by atoms with Gasteiger partial charge in [-0.15, -0.1) is 0 Å². The predicted molar refractivity (Wildman–Crippen MR) is 112 cm³/mol. The van der Waals surface area contributed by atoms with Gasteiger partial charge < -0.3 is 10.2 Å². The molecule has 0 aliphatic heterocycles. The van der Waals surface area contributed by atoms with Crippen LogP contribution in [0.1, 0.15) is 56.7 Å². The predicted octanol–water partition coefficient (Wildman–Crippen LogP) is 5.06. The van der Waals surface area contributed by atoms with E-state index in [0.29, 0.717) is 12.5 Å². The molecule has 0 saturated carbocycles. The number of hydrogen-bond donors (Lipinski definition) is 1. The van der Waals surface area contributed by atoms with Gasteiger partial charge in [-0.2, -0.15) is 0 Å². The van der Waals surface area contributed by atoms with Gasteiger partial charge in [0.25, 0.3) is 0 Å². The second kappa shape index (κ2) is 9.36. The van der Waals surface area contributed by atoms with Crippen molar-refractivity contribution in [2.75, 3.05) is 16.8 Å². The van der Waals surface area contributed by atoms with Crippen molar-refractivity contribution in [2.45, 2.75) is 53.4 Å². The van der Waals surface area contributed by atoms with Gasteiger partial charge >= 0.3 is 0 Å². The van der Waals surface area contributed by atoms with Crippen LogP contribution in [-0.2, 0) is 16.0 Å². The fourth-order valence-corrected chi connectivity index (χ4v) is 3.29. The van der Waals surface area contributed by atoms with Crippen LogP contribution in [0.15, 0.2) is 42.5 Å². The average molecular weight is 367 g/mol. The van der Waals surface area contributed by atoms with Crippen molar-refractivity contribution in [3.05, 3.63) is 59.2 Å². The normalized spacial score (nSPS) is 10.7. The SMILES string of the molecule is CCc1cccc(C)c1NC(=O)CCN(C(C)=O)c1ccccc1C(C)C. The topological polar surface area (TPSA) is 49.4 Å². The molecule has 4 nitrogen and oxygen atoms in total. The summed E-state index contributed by atoms with van der Waals surface area (Å²) in [6.07, 6.45) is 1.11. The summed E-state index contributed by atoms with van der Waals surface area (Å²) in [6, 6.07) is 13.9. The third-order valence-corrected chi connectivity index (χ3v) is 4.80. The molecule has 0 fully saturated rings. The Balaban J connectivity index is 2.14. The summed E-state index contributed by atoms with van der Waals surface area (Å²) in [6.45, 7) is 10.2. The van der Waals surface area contributed by atoms with Gasteiger partial charge in [0.1, 0.15) is 0 Å². The fraction of sp³-hybridized carbons (Fsp3) is 0.391. The average Bonchev–Trinajstić information content (AvgIpc) is 2.63. The Morgan fingerprint density at radius 2 is 1.78 bits per heavy atom. The number of benzene rings is 2. The lowest BCUT2D eigenvalue weighted by atomic mass is 10.00. The first-order chi connectivity index (χ1) is 12.8. The summed E-state index contributed by atoms with van der Waals surface area (Å²) < 4.78 is 0. The number of rotatable bonds is 7. The van der Waals surface area contributed by atoms with Gasteiger partial charge in [-0.25, -0.2) is 0 Å². The zero-order valence-electron chi connectivity index (χ0n) is 17.0. The van der Waals surface area contributed by atoms with Crippen molar-refractivity contribution in [1.82, 2.24) is 0 Å². The molecule has 2 aromatic carbocycles. The fourth-order valence-electron chi connectivity index (χ4n) is 3.29. The summed E-state index contributed by atoms with van der Waals surface area (Å²) in [7, 11) is 0. The number of nitrogens with one attached hydrogen (secondary N) is 1. The molecular weight excluding hydrogens is 336 g/mol. The van der Waals surface area contributed by atoms with Gasteiger partial charge in [0.2, 0.25) is 11.8 Å². The highest BCUT2D eigenvalue weighted by atomic mass is 16.2. The minimum absolute atomic E-state index is 0.0546. The lowest BCUT2D eigenvalue weighted by Gasteiger charge is -2.25. The molecule has 0 spiro atoms. The third kappa shape index (κ3) is 5.19. The Labute approximate surface area is 162 Å². The van der Waals surface area contributed by atoms with Crippen LogP contribution >= 0.6 is 0 Å². The summed E-state index contributed by atoms with van der Waals surface area (Å²) in [5, 5.41) is 3.04. The van der Waals surface area contributed by atoms with Crippen molar-refractivity contribution in [3.8, 4) is 0 Å². The van der Waals surface area contributed by atoms with E-state index in [-0.39, 0.29) is 18.2 Å². The van der Waals surface area contributed by atoms with Crippen molar-refractivity contribution in [3.63, 3.8) is 0 Å². The molecule has 2 rings (SSSR count). The van der Waals surface area contributed by atoms with E-state index < -0.39 is 0 Å². The summed E-state index contributed by atoms with van der Waals surface area (Å²) in [5.74, 6) is 0.171. The van der Waals surface area contributed by atoms with Crippen LogP contribution in [0.3, 0.4) is 0 Å². The highest BCUT2D eigenvalue weighted by Gasteiger charge is 2.18. The van der Waals surface area contributed by atoms with E-state index in [0.717, 1.165) is 34.5 Å². The van der Waals surface area contributed by atoms with Gasteiger partial charge in [0, 0.05) is 31.3 Å². The molecule has 0 saturated heterocycles. The molecule has 0 heterocycles. The number of para-hydroxylation sites is 2. The number of carbonyl (C=O) groups excluding carboxylic acids is 2. The van der Waals surface area contributed by atoms with Crippen LogP contribution in [0.5, 0.6) is 0 Å². The third-order valence-electron chi connectivity index (χ3n) is 4.80. The van der Waals surface area contributed by atoms with Gasteiger partial charge in [0.05, 0.1) is 0 Å². The molecule has 0 atom stereocenters. The summed E-state index contributed by atoms with van der Waals surface area (Å²) >= 11 is 0. The Bertz CT molecular complexity index is 812. The molecule has 4 heteroatoms. The minimum atomic E-state index is -0.0766. The van der Waals surface area contributed by atoms with Crippen molar-refractivity contribution in [2.24, 2.45) is 0 Å². The van der Waals surface area contributed by atoms with Crippen LogP contribution in [0, 0.1) is 6.92 Å². The monoisotopic (exact) mass is 366 g/mol. The van der Waals surface area contributed by atoms with Crippen molar-refractivity contribution in [1.29, 1.82) is 0 Å². The highest BCUT2D eigenvalue weighted by molar-refractivity contribution is 5.96. The molecule has 0 bridgehead atoms. The maximum Gasteiger partial charge on any atom is 0.226 e. The molecule has 2 aromatic rings. The number of carbonyl (C=O) groups is 2. The molecule has 27 heavy (non-hydrogen) atoms. The maximum absolute atomic E-state index is 12.6. The molecule has 144 valence electrons. The Morgan fingerprint density at radius 3 is 2.41 bits per heavy atom. The zero-order chi connectivity index (χ0) is 20.0. The summed E-state index contributed by atoms with van der Waals surface area (Å²) in [5.41, 5.74) is 5.06. The summed E-state index contributed by atoms with van der Waals surface area (Å²) in [4.78, 5) is 26.5. The lowest BCUT2D eigenvalue weighted by Crippen LogP contribution is -2.33. The lowest BCUT2D eigenvalue weighted by molar-refractivity contribution is -0.117. The van der Waals surface area contributed by atoms with Crippen LogP contribution in [-0.4, -0.2) is 18.4 Å². The number of anilines is 2. The number of nitrogens with zero attached hydrogens (tertiary/aromatic N) is 1. The van der Waals surface area contributed by atoms with E-state index in [1.54, 1.807) is 11.8 Å². The molecule has 0 radical (unpaired) electrons. The Hall–Kier alpha value is -2.62. The molecular formula is C23H30N2O2. The number of amides is 2. The number of aryl methyl sites for hydroxylation is 2. The van der Waals surface area contributed by atoms with Crippen LogP contribution in [0.4, 0.5) is 11.4 Å². The molecule has 0 unspecified atom stereocenters. The molecule has 0 aromatic heterocycles. The number of hydrogen-bond acceptors (Lipinski definition) is 2. The van der Waals surface area contributed by atoms with Gasteiger partial charge in [-0.3, -0.25) is 9.59 Å². The van der Waals surface area contributed by atoms with Crippen LogP contribution in [0.2, 0.25) is 0 Å². The molecule has 1 N–H and O–H groups in total. The van der Waals surface area contributed by atoms with Crippen molar-refractivity contribution < 1.29 is 9.59 Å². The second-order valence-corrected chi connectivity index (χ2v) is 7.14. The zero-order valence-corrected chi connectivity index (χ0v) is 17.0. The molecule has 2 amide bonds. The standard InChI is InChI=1S/C23H30N2O2/c1-6-19-11-9-10-17(4)23(19)24-22(27)14-15-25(18(5)26)21-13-8-7-12-20(21)16(2)3/h7-13,16H,6,14-15H2,1-5H3,(H,24,27). The Kier molecular flexibility index (Phi) is 7.17. The molecule has 0 aliphatic carbocycles. The smallest absolute Gasteiger partial charge is 0.226 e. The van der Waals surface area contributed by atoms with E-state index >= 15 is 0 Å². The van der Waals surface area contributed by atoms with Gasteiger partial charge in [-0.1, -0.05) is 57.2 Å². The van der Waals surface area contributed by atoms with E-state index in [1.165, 1.54) is 0 Å². The largest absolute Gasteiger partial charge is 0.326 e. The molecule has 0 aliphatic rings. The highest BCUT2D eigenvalue weighted by Crippen LogP contribution is 2.28. The second-order valence-electron chi connectivity index (χ2n) is 7.14. The minimum Gasteiger partial charge on any atom is -0.326 e. The van der Waals surface area contributed by atoms with E-state index in [1.807, 2.05) is 49.4 Å². The van der Waals surface area contributed by atoms with Gasteiger partial charge in [-0.05, 0) is 42.0 Å². The quantitative estimate of drug-likeness (QED) is 0.744. The van der Waals surface area contributed by atoms with E-state index in [9.17, 15) is 9.59 Å². The van der Waals surface area contributed by atoms with E-state index in [4.69, 9.17) is 0 Å². The first-order valence-electron chi connectivity index (χ1n) is 9.60.